The van der Waals surface area contributed by atoms with Gasteiger partial charge < -0.3 is 24.8 Å². The Morgan fingerprint density at radius 2 is 2.09 bits per heavy atom. The van der Waals surface area contributed by atoms with E-state index in [1.54, 1.807) is 25.1 Å². The molecule has 0 radical (unpaired) electrons. The summed E-state index contributed by atoms with van der Waals surface area (Å²) in [6.45, 7) is 5.93. The number of nitrogens with zero attached hydrogens (tertiary/aromatic N) is 3. The summed E-state index contributed by atoms with van der Waals surface area (Å²) in [5.74, 6) is -0.546. The fourth-order valence-corrected chi connectivity index (χ4v) is 3.67. The number of pyridine rings is 1. The fraction of sp³-hybridized carbons (Fsp3) is 0.318. The number of aromatic nitrogens is 2. The number of methoxy groups -OCH3 is 1. The number of hydrogen-bond donors (Lipinski definition) is 2. The quantitative estimate of drug-likeness (QED) is 0.243. The summed E-state index contributed by atoms with van der Waals surface area (Å²) in [5.41, 5.74) is -0.641. The molecule has 34 heavy (non-hydrogen) atoms. The van der Waals surface area contributed by atoms with Crippen LogP contribution in [0.2, 0.25) is 0 Å². The second-order valence-electron chi connectivity index (χ2n) is 6.49. The largest absolute Gasteiger partial charge is 0.457 e. The number of thiazole rings is 1. The lowest BCUT2D eigenvalue weighted by atomic mass is 10.3. The topological polar surface area (TPSA) is 145 Å². The number of esters is 1. The van der Waals surface area contributed by atoms with Crippen molar-refractivity contribution in [3.05, 3.63) is 50.4 Å². The highest BCUT2D eigenvalue weighted by Gasteiger charge is 2.16. The molecular formula is C22H25N5O6S. The van der Waals surface area contributed by atoms with Gasteiger partial charge in [0, 0.05) is 19.9 Å². The number of ether oxygens (including phenoxy) is 3. The number of hydrogen-bond acceptors (Lipinski definition) is 10. The van der Waals surface area contributed by atoms with E-state index in [-0.39, 0.29) is 46.0 Å². The standard InChI is InChI=1S/C22H25N5O6S/c1-4-9-33-22(30)15(12-23)21-27(5-2)20(29)16(34-21)13-24-17-7-6-8-18(25-17)26-19(28)14-32-11-10-31-3/h4,6-8,13H,1,5,9-11,14H2,2-3H3,(H2,24,25,26,28)/b16-13+,21-15-. The van der Waals surface area contributed by atoms with E-state index in [1.165, 1.54) is 24.0 Å². The molecule has 0 aliphatic heterocycles. The Morgan fingerprint density at radius 1 is 1.32 bits per heavy atom. The number of nitrogens with one attached hydrogen (secondary N) is 2. The van der Waals surface area contributed by atoms with Crippen LogP contribution in [-0.4, -0.2) is 55.0 Å². The smallest absolute Gasteiger partial charge is 0.352 e. The Bertz CT molecular complexity index is 1240. The molecule has 1 amide bonds. The number of carbonyl (C=O) groups excluding carboxylic acids is 2. The molecule has 11 nitrogen and oxygen atoms in total. The minimum absolute atomic E-state index is 0.0515. The third-order valence-corrected chi connectivity index (χ3v) is 5.25. The van der Waals surface area contributed by atoms with Gasteiger partial charge in [-0.1, -0.05) is 18.7 Å². The molecule has 12 heteroatoms. The van der Waals surface area contributed by atoms with Gasteiger partial charge in [-0.05, 0) is 19.1 Å². The van der Waals surface area contributed by atoms with Gasteiger partial charge in [0.1, 0.15) is 40.1 Å². The first-order valence-corrected chi connectivity index (χ1v) is 11.0. The van der Waals surface area contributed by atoms with E-state index >= 15 is 0 Å². The van der Waals surface area contributed by atoms with E-state index in [0.29, 0.717) is 24.8 Å². The van der Waals surface area contributed by atoms with E-state index in [1.807, 2.05) is 6.07 Å². The van der Waals surface area contributed by atoms with E-state index < -0.39 is 5.97 Å². The number of rotatable bonds is 12. The van der Waals surface area contributed by atoms with Crippen LogP contribution >= 0.6 is 11.3 Å². The van der Waals surface area contributed by atoms with Crippen LogP contribution in [0.15, 0.2) is 35.6 Å². The maximum Gasteiger partial charge on any atom is 0.352 e. The zero-order valence-corrected chi connectivity index (χ0v) is 19.6. The van der Waals surface area contributed by atoms with Crippen LogP contribution in [0.3, 0.4) is 0 Å². The molecule has 2 N–H and O–H groups in total. The van der Waals surface area contributed by atoms with Crippen molar-refractivity contribution in [1.29, 1.82) is 5.26 Å². The maximum absolute atomic E-state index is 12.8. The van der Waals surface area contributed by atoms with E-state index in [9.17, 15) is 19.6 Å². The first-order chi connectivity index (χ1) is 16.4. The maximum atomic E-state index is 12.8. The lowest BCUT2D eigenvalue weighted by molar-refractivity contribution is -0.135. The van der Waals surface area contributed by atoms with Crippen LogP contribution in [0.25, 0.3) is 11.8 Å². The average molecular weight is 488 g/mol. The van der Waals surface area contributed by atoms with Crippen molar-refractivity contribution >= 4 is 46.6 Å². The van der Waals surface area contributed by atoms with Crippen molar-refractivity contribution in [2.45, 2.75) is 13.5 Å². The number of nitriles is 1. The molecule has 2 rings (SSSR count). The summed E-state index contributed by atoms with van der Waals surface area (Å²) in [6, 6.07) is 6.74. The summed E-state index contributed by atoms with van der Waals surface area (Å²) in [6.07, 6.45) is 2.81. The number of amides is 1. The van der Waals surface area contributed by atoms with Gasteiger partial charge in [-0.2, -0.15) is 5.26 Å². The predicted molar refractivity (Wildman–Crippen MR) is 127 cm³/mol. The third kappa shape index (κ3) is 7.38. The Hall–Kier alpha value is -3.79. The van der Waals surface area contributed by atoms with Crippen LogP contribution in [-0.2, 0) is 30.3 Å². The SMILES string of the molecule is C=CCOC(=O)/C(C#N)=c1\s/c(=C/Nc2cccc(NC(=O)COCCOC)n2)c(=O)n1CC. The molecule has 0 aromatic carbocycles. The fourth-order valence-electron chi connectivity index (χ4n) is 2.59. The molecule has 180 valence electrons. The van der Waals surface area contributed by atoms with Crippen molar-refractivity contribution < 1.29 is 23.8 Å². The number of anilines is 2. The molecule has 0 atom stereocenters. The highest BCUT2D eigenvalue weighted by atomic mass is 32.1. The van der Waals surface area contributed by atoms with Gasteiger partial charge >= 0.3 is 5.97 Å². The molecule has 2 heterocycles. The molecule has 2 aromatic rings. The minimum Gasteiger partial charge on any atom is -0.457 e. The van der Waals surface area contributed by atoms with Gasteiger partial charge in [0.15, 0.2) is 5.57 Å². The zero-order valence-electron chi connectivity index (χ0n) is 18.8. The zero-order chi connectivity index (χ0) is 24.9. The van der Waals surface area contributed by atoms with Crippen LogP contribution in [0.4, 0.5) is 11.6 Å². The van der Waals surface area contributed by atoms with Crippen LogP contribution in [0, 0.1) is 11.3 Å². The first kappa shape index (κ1) is 26.5. The summed E-state index contributed by atoms with van der Waals surface area (Å²) in [7, 11) is 1.54. The molecule has 0 unspecified atom stereocenters. The van der Waals surface area contributed by atoms with Crippen molar-refractivity contribution in [2.24, 2.45) is 0 Å². The highest BCUT2D eigenvalue weighted by Crippen LogP contribution is 2.09. The van der Waals surface area contributed by atoms with E-state index in [4.69, 9.17) is 14.2 Å². The molecule has 2 aromatic heterocycles. The number of carbonyl (C=O) groups is 2. The molecule has 0 bridgehead atoms. The monoisotopic (exact) mass is 487 g/mol. The van der Waals surface area contributed by atoms with Crippen LogP contribution < -0.4 is 25.4 Å². The minimum atomic E-state index is -0.832. The van der Waals surface area contributed by atoms with Crippen molar-refractivity contribution in [2.75, 3.05) is 44.2 Å². The van der Waals surface area contributed by atoms with Gasteiger partial charge in [-0.15, -0.1) is 11.3 Å². The summed E-state index contributed by atoms with van der Waals surface area (Å²) in [5, 5.41) is 15.0. The van der Waals surface area contributed by atoms with Crippen molar-refractivity contribution in [3.63, 3.8) is 0 Å². The Kier molecular flexibility index (Phi) is 10.7. The van der Waals surface area contributed by atoms with Gasteiger partial charge in [0.25, 0.3) is 11.5 Å². The predicted octanol–water partition coefficient (Wildman–Crippen LogP) is 0.180. The van der Waals surface area contributed by atoms with Gasteiger partial charge in [-0.3, -0.25) is 14.2 Å². The van der Waals surface area contributed by atoms with Gasteiger partial charge in [0.05, 0.1) is 13.2 Å². The Labute approximate surface area is 199 Å². The second kappa shape index (κ2) is 13.7. The van der Waals surface area contributed by atoms with E-state index in [2.05, 4.69) is 22.2 Å². The van der Waals surface area contributed by atoms with Crippen molar-refractivity contribution in [1.82, 2.24) is 9.55 Å². The van der Waals surface area contributed by atoms with Crippen molar-refractivity contribution in [3.8, 4) is 6.07 Å². The molecule has 0 saturated carbocycles. The van der Waals surface area contributed by atoms with Gasteiger partial charge in [0.2, 0.25) is 0 Å². The summed E-state index contributed by atoms with van der Waals surface area (Å²) < 4.78 is 16.7. The molecular weight excluding hydrogens is 462 g/mol. The molecule has 0 aliphatic carbocycles. The summed E-state index contributed by atoms with van der Waals surface area (Å²) >= 11 is 0.974. The Balaban J connectivity index is 2.25. The normalized spacial score (nSPS) is 12.0. The highest BCUT2D eigenvalue weighted by molar-refractivity contribution is 7.07. The molecule has 0 aliphatic rings. The van der Waals surface area contributed by atoms with Crippen LogP contribution in [0.1, 0.15) is 6.92 Å². The molecule has 0 saturated heterocycles. The first-order valence-electron chi connectivity index (χ1n) is 10.2. The van der Waals surface area contributed by atoms with Gasteiger partial charge in [-0.25, -0.2) is 9.78 Å². The van der Waals surface area contributed by atoms with Crippen LogP contribution in [0.5, 0.6) is 0 Å². The van der Waals surface area contributed by atoms with E-state index in [0.717, 1.165) is 11.3 Å². The second-order valence-corrected chi connectivity index (χ2v) is 7.52. The lowest BCUT2D eigenvalue weighted by Gasteiger charge is -2.07. The third-order valence-electron chi connectivity index (χ3n) is 4.12. The molecule has 0 fully saturated rings. The average Bonchev–Trinajstić information content (AvgIpc) is 3.14. The summed E-state index contributed by atoms with van der Waals surface area (Å²) in [4.78, 5) is 41.2. The Morgan fingerprint density at radius 3 is 2.76 bits per heavy atom. The molecule has 0 spiro atoms. The lowest BCUT2D eigenvalue weighted by Crippen LogP contribution is -2.32.